The van der Waals surface area contributed by atoms with Crippen LogP contribution in [0.5, 0.6) is 0 Å². The maximum atomic E-state index is 11.5. The summed E-state index contributed by atoms with van der Waals surface area (Å²) in [5.41, 5.74) is 0.973. The van der Waals surface area contributed by atoms with Gasteiger partial charge in [-0.3, -0.25) is 0 Å². The van der Waals surface area contributed by atoms with Crippen LogP contribution in [0.2, 0.25) is 0 Å². The van der Waals surface area contributed by atoms with Gasteiger partial charge in [-0.15, -0.1) is 0 Å². The quantitative estimate of drug-likeness (QED) is 0.869. The summed E-state index contributed by atoms with van der Waals surface area (Å²) in [5.74, 6) is 0. The number of rotatable bonds is 3. The minimum absolute atomic E-state index is 0.0155. The molecule has 0 unspecified atom stereocenters. The van der Waals surface area contributed by atoms with Crippen molar-refractivity contribution in [2.24, 2.45) is 0 Å². The van der Waals surface area contributed by atoms with E-state index in [0.717, 1.165) is 5.56 Å². The van der Waals surface area contributed by atoms with Crippen molar-refractivity contribution < 1.29 is 14.3 Å². The zero-order chi connectivity index (χ0) is 12.1. The van der Waals surface area contributed by atoms with E-state index in [9.17, 15) is 4.79 Å². The number of nitrogens with one attached hydrogen (secondary N) is 1. The van der Waals surface area contributed by atoms with Gasteiger partial charge in [0.25, 0.3) is 0 Å². The Bertz CT molecular complexity index is 371. The molecule has 1 saturated heterocycles. The highest BCUT2D eigenvalue weighted by Crippen LogP contribution is 2.14. The highest BCUT2D eigenvalue weighted by Gasteiger charge is 2.27. The van der Waals surface area contributed by atoms with E-state index in [-0.39, 0.29) is 17.5 Å². The molecule has 1 aliphatic heterocycles. The monoisotopic (exact) mass is 299 g/mol. The van der Waals surface area contributed by atoms with Gasteiger partial charge >= 0.3 is 6.09 Å². The second kappa shape index (κ2) is 6.02. The fourth-order valence-corrected chi connectivity index (χ4v) is 2.05. The van der Waals surface area contributed by atoms with Crippen molar-refractivity contribution in [3.05, 3.63) is 35.9 Å². The third kappa shape index (κ3) is 3.71. The number of hydrogen-bond acceptors (Lipinski definition) is 3. The molecule has 2 rings (SSSR count). The number of alkyl carbamates (subject to hydrolysis) is 1. The lowest BCUT2D eigenvalue weighted by molar-refractivity contribution is 0.132. The van der Waals surface area contributed by atoms with Crippen molar-refractivity contribution in [2.45, 2.75) is 17.5 Å². The van der Waals surface area contributed by atoms with Crippen molar-refractivity contribution in [3.63, 3.8) is 0 Å². The van der Waals surface area contributed by atoms with Gasteiger partial charge in [0.05, 0.1) is 24.1 Å². The molecule has 1 N–H and O–H groups in total. The summed E-state index contributed by atoms with van der Waals surface area (Å²) in [6.07, 6.45) is -0.409. The predicted octanol–water partition coefficient (Wildman–Crippen LogP) is 2.08. The van der Waals surface area contributed by atoms with Gasteiger partial charge in [0, 0.05) is 0 Å². The average molecular weight is 300 g/mol. The highest BCUT2D eigenvalue weighted by molar-refractivity contribution is 9.09. The lowest BCUT2D eigenvalue weighted by Crippen LogP contribution is -2.40. The Labute approximate surface area is 108 Å². The van der Waals surface area contributed by atoms with E-state index in [1.54, 1.807) is 0 Å². The Kier molecular flexibility index (Phi) is 4.39. The Hall–Kier alpha value is -1.07. The summed E-state index contributed by atoms with van der Waals surface area (Å²) < 4.78 is 10.3. The van der Waals surface area contributed by atoms with Crippen LogP contribution < -0.4 is 5.32 Å². The van der Waals surface area contributed by atoms with Crippen LogP contribution in [0.4, 0.5) is 4.79 Å². The molecule has 0 radical (unpaired) electrons. The van der Waals surface area contributed by atoms with Gasteiger partial charge in [-0.05, 0) is 5.56 Å². The van der Waals surface area contributed by atoms with E-state index in [4.69, 9.17) is 9.47 Å². The molecule has 1 amide bonds. The topological polar surface area (TPSA) is 47.6 Å². The predicted molar refractivity (Wildman–Crippen MR) is 67.1 cm³/mol. The van der Waals surface area contributed by atoms with Crippen molar-refractivity contribution in [1.82, 2.24) is 5.32 Å². The number of hydrogen-bond donors (Lipinski definition) is 1. The number of benzene rings is 1. The van der Waals surface area contributed by atoms with Gasteiger partial charge in [-0.25, -0.2) is 4.79 Å². The number of halogens is 1. The van der Waals surface area contributed by atoms with Crippen molar-refractivity contribution in [3.8, 4) is 0 Å². The molecule has 0 saturated carbocycles. The maximum absolute atomic E-state index is 11.5. The third-order valence-electron chi connectivity index (χ3n) is 2.53. The van der Waals surface area contributed by atoms with Crippen molar-refractivity contribution in [1.29, 1.82) is 0 Å². The summed E-state index contributed by atoms with van der Waals surface area (Å²) in [6.45, 7) is 1.42. The van der Waals surface area contributed by atoms with Crippen LogP contribution in [-0.2, 0) is 16.1 Å². The first-order valence-electron chi connectivity index (χ1n) is 5.45. The van der Waals surface area contributed by atoms with Crippen LogP contribution in [0, 0.1) is 0 Å². The minimum atomic E-state index is -0.409. The van der Waals surface area contributed by atoms with E-state index in [1.165, 1.54) is 0 Å². The zero-order valence-electron chi connectivity index (χ0n) is 9.27. The molecule has 17 heavy (non-hydrogen) atoms. The number of alkyl halides is 1. The van der Waals surface area contributed by atoms with Crippen molar-refractivity contribution in [2.75, 3.05) is 13.2 Å². The first kappa shape index (κ1) is 12.4. The van der Waals surface area contributed by atoms with Gasteiger partial charge in [0.1, 0.15) is 6.61 Å². The zero-order valence-corrected chi connectivity index (χ0v) is 10.9. The van der Waals surface area contributed by atoms with E-state index in [2.05, 4.69) is 21.2 Å². The van der Waals surface area contributed by atoms with E-state index in [1.807, 2.05) is 30.3 Å². The number of ether oxygens (including phenoxy) is 2. The molecule has 1 aromatic rings. The average Bonchev–Trinajstić information content (AvgIpc) is 2.74. The van der Waals surface area contributed by atoms with E-state index < -0.39 is 6.09 Å². The largest absolute Gasteiger partial charge is 0.445 e. The molecule has 0 spiro atoms. The van der Waals surface area contributed by atoms with Crippen LogP contribution in [0.15, 0.2) is 30.3 Å². The summed E-state index contributed by atoms with van der Waals surface area (Å²) in [4.78, 5) is 11.7. The fourth-order valence-electron chi connectivity index (χ4n) is 1.58. The lowest BCUT2D eigenvalue weighted by atomic mass is 10.2. The molecule has 0 aliphatic carbocycles. The van der Waals surface area contributed by atoms with Crippen LogP contribution in [0.3, 0.4) is 0 Å². The molecule has 5 heteroatoms. The molecule has 2 atom stereocenters. The van der Waals surface area contributed by atoms with Gasteiger partial charge < -0.3 is 14.8 Å². The van der Waals surface area contributed by atoms with Crippen LogP contribution >= 0.6 is 15.9 Å². The second-order valence-corrected chi connectivity index (χ2v) is 5.04. The highest BCUT2D eigenvalue weighted by atomic mass is 79.9. The van der Waals surface area contributed by atoms with Crippen LogP contribution in [0.25, 0.3) is 0 Å². The number of amides is 1. The molecule has 1 aromatic carbocycles. The molecular weight excluding hydrogens is 286 g/mol. The second-order valence-electron chi connectivity index (χ2n) is 3.87. The lowest BCUT2D eigenvalue weighted by Gasteiger charge is -2.14. The van der Waals surface area contributed by atoms with Crippen LogP contribution in [0.1, 0.15) is 5.56 Å². The summed E-state index contributed by atoms with van der Waals surface area (Å²) >= 11 is 3.43. The number of carbonyl (C=O) groups excluding carboxylic acids is 1. The van der Waals surface area contributed by atoms with Gasteiger partial charge in [0.15, 0.2) is 0 Å². The smallest absolute Gasteiger partial charge is 0.407 e. The molecule has 1 fully saturated rings. The Morgan fingerprint density at radius 1 is 1.41 bits per heavy atom. The van der Waals surface area contributed by atoms with E-state index in [0.29, 0.717) is 13.2 Å². The summed E-state index contributed by atoms with van der Waals surface area (Å²) in [6, 6.07) is 9.57. The molecule has 1 heterocycles. The van der Waals surface area contributed by atoms with E-state index >= 15 is 0 Å². The molecule has 4 nitrogen and oxygen atoms in total. The summed E-state index contributed by atoms with van der Waals surface area (Å²) in [7, 11) is 0. The molecular formula is C12H14BrNO3. The Morgan fingerprint density at radius 2 is 2.18 bits per heavy atom. The first-order valence-corrected chi connectivity index (χ1v) is 6.36. The molecule has 1 aliphatic rings. The fraction of sp³-hybridized carbons (Fsp3) is 0.417. The van der Waals surface area contributed by atoms with Crippen LogP contribution in [-0.4, -0.2) is 30.2 Å². The maximum Gasteiger partial charge on any atom is 0.407 e. The molecule has 0 aromatic heterocycles. The SMILES string of the molecule is O=C(N[C@@H]1COC[C@H]1Br)OCc1ccccc1. The van der Waals surface area contributed by atoms with Gasteiger partial charge in [-0.1, -0.05) is 46.3 Å². The normalized spacial score (nSPS) is 23.4. The first-order chi connectivity index (χ1) is 8.25. The summed E-state index contributed by atoms with van der Waals surface area (Å²) in [5, 5.41) is 2.77. The Morgan fingerprint density at radius 3 is 2.82 bits per heavy atom. The van der Waals surface area contributed by atoms with Crippen molar-refractivity contribution >= 4 is 22.0 Å². The standard InChI is InChI=1S/C12H14BrNO3/c13-10-7-16-8-11(10)14-12(15)17-6-9-4-2-1-3-5-9/h1-5,10-11H,6-8H2,(H,14,15)/t10-,11-/m1/s1. The van der Waals surface area contributed by atoms with Gasteiger partial charge in [-0.2, -0.15) is 0 Å². The third-order valence-corrected chi connectivity index (χ3v) is 3.43. The Balaban J connectivity index is 1.74. The van der Waals surface area contributed by atoms with Gasteiger partial charge in [0.2, 0.25) is 0 Å². The number of carbonyl (C=O) groups is 1. The minimum Gasteiger partial charge on any atom is -0.445 e. The molecule has 0 bridgehead atoms. The molecule has 92 valence electrons.